The number of thioether (sulfide) groups is 1. The van der Waals surface area contributed by atoms with Crippen LogP contribution in [0.3, 0.4) is 0 Å². The van der Waals surface area contributed by atoms with E-state index >= 15 is 0 Å². The standard InChI is InChI=1S/C25H28N4O2S.HI/c1-26-25(29-14-13-20(17-29)18-32-22-6-3-2-4-7-22)27-16-19-9-11-21(12-10-19)28-24(30)23-8-5-15-31-23;/h2-12,15,20H,13-14,16-18H2,1H3,(H,26,27)(H,28,30);1H. The van der Waals surface area contributed by atoms with Crippen molar-refractivity contribution in [2.75, 3.05) is 31.2 Å². The van der Waals surface area contributed by atoms with Crippen molar-refractivity contribution in [1.29, 1.82) is 0 Å². The minimum Gasteiger partial charge on any atom is -0.459 e. The molecular weight excluding hydrogens is 547 g/mol. The van der Waals surface area contributed by atoms with Gasteiger partial charge in [0.1, 0.15) is 0 Å². The Bertz CT molecular complexity index is 1030. The molecule has 1 aromatic heterocycles. The van der Waals surface area contributed by atoms with Crippen LogP contribution in [0.4, 0.5) is 5.69 Å². The number of guanidine groups is 1. The van der Waals surface area contributed by atoms with Gasteiger partial charge in [-0.2, -0.15) is 0 Å². The van der Waals surface area contributed by atoms with Gasteiger partial charge in [0.25, 0.3) is 5.91 Å². The number of hydrogen-bond donors (Lipinski definition) is 2. The second-order valence-electron chi connectivity index (χ2n) is 7.75. The molecule has 4 rings (SSSR count). The molecule has 2 heterocycles. The normalized spacial score (nSPS) is 15.7. The molecule has 0 bridgehead atoms. The summed E-state index contributed by atoms with van der Waals surface area (Å²) < 4.78 is 5.12. The molecular formula is C25H29IN4O2S. The van der Waals surface area contributed by atoms with Crippen LogP contribution in [-0.2, 0) is 6.54 Å². The first-order valence-corrected chi connectivity index (χ1v) is 11.8. The number of carbonyl (C=O) groups excluding carboxylic acids is 1. The van der Waals surface area contributed by atoms with E-state index in [1.165, 1.54) is 17.6 Å². The van der Waals surface area contributed by atoms with Gasteiger partial charge < -0.3 is 20.0 Å². The summed E-state index contributed by atoms with van der Waals surface area (Å²) in [6.45, 7) is 2.73. The first-order chi connectivity index (χ1) is 15.7. The number of rotatable bonds is 7. The summed E-state index contributed by atoms with van der Waals surface area (Å²) in [5.41, 5.74) is 1.86. The highest BCUT2D eigenvalue weighted by atomic mass is 127. The van der Waals surface area contributed by atoms with Gasteiger partial charge in [-0.3, -0.25) is 9.79 Å². The maximum absolute atomic E-state index is 12.1. The van der Waals surface area contributed by atoms with Crippen LogP contribution in [0.2, 0.25) is 0 Å². The van der Waals surface area contributed by atoms with Gasteiger partial charge in [0.05, 0.1) is 6.26 Å². The van der Waals surface area contributed by atoms with Gasteiger partial charge in [-0.1, -0.05) is 30.3 Å². The highest BCUT2D eigenvalue weighted by Crippen LogP contribution is 2.26. The molecule has 1 amide bonds. The molecule has 33 heavy (non-hydrogen) atoms. The number of benzene rings is 2. The summed E-state index contributed by atoms with van der Waals surface area (Å²) >= 11 is 1.93. The van der Waals surface area contributed by atoms with E-state index in [2.05, 4.69) is 50.9 Å². The highest BCUT2D eigenvalue weighted by Gasteiger charge is 2.24. The Labute approximate surface area is 216 Å². The zero-order chi connectivity index (χ0) is 22.2. The molecule has 1 saturated heterocycles. The van der Waals surface area contributed by atoms with Crippen molar-refractivity contribution in [2.45, 2.75) is 17.9 Å². The fourth-order valence-corrected chi connectivity index (χ4v) is 4.76. The van der Waals surface area contributed by atoms with Crippen LogP contribution < -0.4 is 10.6 Å². The lowest BCUT2D eigenvalue weighted by Gasteiger charge is -2.22. The van der Waals surface area contributed by atoms with E-state index < -0.39 is 0 Å². The molecule has 3 aromatic rings. The van der Waals surface area contributed by atoms with Crippen molar-refractivity contribution in [2.24, 2.45) is 10.9 Å². The van der Waals surface area contributed by atoms with Gasteiger partial charge in [-0.25, -0.2) is 0 Å². The Balaban J connectivity index is 0.00000306. The third-order valence-corrected chi connectivity index (χ3v) is 6.68. The minimum atomic E-state index is -0.254. The molecule has 8 heteroatoms. The van der Waals surface area contributed by atoms with Gasteiger partial charge in [0, 0.05) is 43.0 Å². The number of likely N-dealkylation sites (tertiary alicyclic amines) is 1. The quantitative estimate of drug-likeness (QED) is 0.172. The highest BCUT2D eigenvalue weighted by molar-refractivity contribution is 14.0. The SMILES string of the molecule is CN=C(NCc1ccc(NC(=O)c2ccco2)cc1)N1CCC(CSc2ccccc2)C1.I. The predicted molar refractivity (Wildman–Crippen MR) is 146 cm³/mol. The van der Waals surface area contributed by atoms with E-state index in [1.807, 2.05) is 43.1 Å². The predicted octanol–water partition coefficient (Wildman–Crippen LogP) is 5.34. The van der Waals surface area contributed by atoms with Crippen LogP contribution >= 0.6 is 35.7 Å². The molecule has 174 valence electrons. The molecule has 0 saturated carbocycles. The van der Waals surface area contributed by atoms with Crippen LogP contribution in [0.25, 0.3) is 0 Å². The lowest BCUT2D eigenvalue weighted by molar-refractivity contribution is 0.0996. The molecule has 1 aliphatic rings. The lowest BCUT2D eigenvalue weighted by atomic mass is 10.2. The number of furan rings is 1. The molecule has 2 aromatic carbocycles. The monoisotopic (exact) mass is 576 g/mol. The molecule has 1 fully saturated rings. The first kappa shape index (κ1) is 25.2. The Morgan fingerprint density at radius 2 is 1.91 bits per heavy atom. The topological polar surface area (TPSA) is 69.9 Å². The van der Waals surface area contributed by atoms with Gasteiger partial charge in [0.2, 0.25) is 0 Å². The van der Waals surface area contributed by atoms with Crippen LogP contribution in [0.1, 0.15) is 22.5 Å². The third kappa shape index (κ3) is 7.26. The zero-order valence-corrected chi connectivity index (χ0v) is 21.7. The van der Waals surface area contributed by atoms with Gasteiger partial charge in [0.15, 0.2) is 11.7 Å². The largest absolute Gasteiger partial charge is 0.459 e. The maximum atomic E-state index is 12.1. The Morgan fingerprint density at radius 1 is 1.12 bits per heavy atom. The molecule has 1 unspecified atom stereocenters. The summed E-state index contributed by atoms with van der Waals surface area (Å²) in [6, 6.07) is 21.7. The smallest absolute Gasteiger partial charge is 0.291 e. The van der Waals surface area contributed by atoms with E-state index in [9.17, 15) is 4.79 Å². The molecule has 0 radical (unpaired) electrons. The Morgan fingerprint density at radius 3 is 2.61 bits per heavy atom. The number of nitrogens with one attached hydrogen (secondary N) is 2. The van der Waals surface area contributed by atoms with E-state index in [0.29, 0.717) is 18.2 Å². The fraction of sp³-hybridized carbons (Fsp3) is 0.280. The molecule has 6 nitrogen and oxygen atoms in total. The fourth-order valence-electron chi connectivity index (χ4n) is 3.71. The van der Waals surface area contributed by atoms with Crippen molar-refractivity contribution in [3.8, 4) is 0 Å². The summed E-state index contributed by atoms with van der Waals surface area (Å²) in [5.74, 6) is 2.77. The van der Waals surface area contributed by atoms with Crippen molar-refractivity contribution in [1.82, 2.24) is 10.2 Å². The molecule has 1 atom stereocenters. The van der Waals surface area contributed by atoms with E-state index in [0.717, 1.165) is 36.1 Å². The van der Waals surface area contributed by atoms with Crippen LogP contribution in [0, 0.1) is 5.92 Å². The number of anilines is 1. The summed E-state index contributed by atoms with van der Waals surface area (Å²) in [5, 5.41) is 6.31. The van der Waals surface area contributed by atoms with Crippen molar-refractivity contribution >= 4 is 53.3 Å². The molecule has 1 aliphatic heterocycles. The average Bonchev–Trinajstić information content (AvgIpc) is 3.53. The number of halogens is 1. The summed E-state index contributed by atoms with van der Waals surface area (Å²) in [4.78, 5) is 20.2. The van der Waals surface area contributed by atoms with Gasteiger partial charge >= 0.3 is 0 Å². The number of hydrogen-bond acceptors (Lipinski definition) is 4. The second-order valence-corrected chi connectivity index (χ2v) is 8.85. The molecule has 0 spiro atoms. The maximum Gasteiger partial charge on any atom is 0.291 e. The average molecular weight is 577 g/mol. The Kier molecular flexibility index (Phi) is 9.68. The summed E-state index contributed by atoms with van der Waals surface area (Å²) in [6.07, 6.45) is 2.67. The zero-order valence-electron chi connectivity index (χ0n) is 18.6. The van der Waals surface area contributed by atoms with Crippen molar-refractivity contribution in [3.05, 3.63) is 84.3 Å². The Hall–Kier alpha value is -2.46. The van der Waals surface area contributed by atoms with Gasteiger partial charge in [-0.05, 0) is 54.3 Å². The number of nitrogens with zero attached hydrogens (tertiary/aromatic N) is 2. The molecule has 2 N–H and O–H groups in total. The third-order valence-electron chi connectivity index (χ3n) is 5.43. The van der Waals surface area contributed by atoms with E-state index in [-0.39, 0.29) is 29.9 Å². The minimum absolute atomic E-state index is 0. The molecule has 0 aliphatic carbocycles. The number of carbonyl (C=O) groups is 1. The van der Waals surface area contributed by atoms with E-state index in [1.54, 1.807) is 12.1 Å². The number of aliphatic imine (C=N–C) groups is 1. The summed E-state index contributed by atoms with van der Waals surface area (Å²) in [7, 11) is 1.83. The van der Waals surface area contributed by atoms with Crippen molar-refractivity contribution in [3.63, 3.8) is 0 Å². The van der Waals surface area contributed by atoms with E-state index in [4.69, 9.17) is 4.42 Å². The number of amides is 1. The lowest BCUT2D eigenvalue weighted by Crippen LogP contribution is -2.39. The first-order valence-electron chi connectivity index (χ1n) is 10.8. The van der Waals surface area contributed by atoms with Crippen molar-refractivity contribution < 1.29 is 9.21 Å². The van der Waals surface area contributed by atoms with Crippen LogP contribution in [0.15, 0.2) is 87.3 Å². The van der Waals surface area contributed by atoms with Gasteiger partial charge in [-0.15, -0.1) is 35.7 Å². The van der Waals surface area contributed by atoms with Crippen LogP contribution in [-0.4, -0.2) is 42.7 Å². The second kappa shape index (κ2) is 12.7. The van der Waals surface area contributed by atoms with Crippen LogP contribution in [0.5, 0.6) is 0 Å².